The molecule has 0 spiro atoms. The molecule has 9 nitrogen and oxygen atoms in total. The van der Waals surface area contributed by atoms with E-state index in [0.29, 0.717) is 29.9 Å². The van der Waals surface area contributed by atoms with E-state index in [9.17, 15) is 18.4 Å². The Morgan fingerprint density at radius 2 is 1.76 bits per heavy atom. The molecule has 0 unspecified atom stereocenters. The second kappa shape index (κ2) is 12.2. The monoisotopic (exact) mass is 669 g/mol. The largest absolute Gasteiger partial charge is 0.355 e. The fourth-order valence-electron chi connectivity index (χ4n) is 7.68. The SMILES string of the molecule is CNC(=O)c1cc(Nc2nc(-c3ccc4c(c3)N(C3CC(NC5CCC(F)(F)CC5)C3)C(=O)C4(C)C)cc3ncn(C(C)C)c23)ccc1C. The fourth-order valence-corrected chi connectivity index (χ4v) is 7.68. The molecule has 11 heteroatoms. The predicted octanol–water partition coefficient (Wildman–Crippen LogP) is 7.41. The number of anilines is 3. The van der Waals surface area contributed by atoms with Crippen LogP contribution in [0.1, 0.15) is 93.7 Å². The van der Waals surface area contributed by atoms with Gasteiger partial charge in [0.1, 0.15) is 5.52 Å². The lowest BCUT2D eigenvalue weighted by atomic mass is 9.82. The number of aryl methyl sites for hydroxylation is 1. The van der Waals surface area contributed by atoms with Gasteiger partial charge in [0.05, 0.1) is 23.0 Å². The maximum absolute atomic E-state index is 13.9. The van der Waals surface area contributed by atoms with Crippen molar-refractivity contribution in [3.8, 4) is 11.3 Å². The van der Waals surface area contributed by atoms with Gasteiger partial charge in [-0.25, -0.2) is 18.7 Å². The molecule has 3 aliphatic rings. The van der Waals surface area contributed by atoms with Crippen molar-refractivity contribution in [2.75, 3.05) is 17.3 Å². The Balaban J connectivity index is 1.20. The number of alkyl halides is 2. The molecule has 4 aromatic rings. The van der Waals surface area contributed by atoms with Crippen LogP contribution >= 0.6 is 0 Å². The van der Waals surface area contributed by atoms with E-state index in [1.165, 1.54) is 0 Å². The number of nitrogens with one attached hydrogen (secondary N) is 3. The minimum absolute atomic E-state index is 0.0382. The zero-order chi connectivity index (χ0) is 34.8. The number of carbonyl (C=O) groups is 2. The lowest BCUT2D eigenvalue weighted by molar-refractivity contribution is -0.123. The average Bonchev–Trinajstić information content (AvgIpc) is 3.57. The molecule has 49 heavy (non-hydrogen) atoms. The van der Waals surface area contributed by atoms with Gasteiger partial charge in [-0.1, -0.05) is 18.2 Å². The standard InChI is InChI=1S/C38H45F2N7O2/c1-21(2)46-20-42-31-19-30(45-34(33(31)46)44-25-9-7-22(3)28(18-25)35(48)41-6)23-8-10-29-32(15-23)47(36(49)37(29,4)5)27-16-26(17-27)43-24-11-13-38(39,40)14-12-24/h7-10,15,18-21,24,26-27,43H,11-14,16-17H2,1-6H3,(H,41,48)(H,44,45). The maximum atomic E-state index is 13.9. The Morgan fingerprint density at radius 3 is 2.45 bits per heavy atom. The Morgan fingerprint density at radius 1 is 1.02 bits per heavy atom. The Hall–Kier alpha value is -4.38. The van der Waals surface area contributed by atoms with Gasteiger partial charge in [0.2, 0.25) is 11.8 Å². The van der Waals surface area contributed by atoms with Gasteiger partial charge in [-0.2, -0.15) is 0 Å². The summed E-state index contributed by atoms with van der Waals surface area (Å²) < 4.78 is 29.5. The number of rotatable bonds is 8. The highest BCUT2D eigenvalue weighted by Gasteiger charge is 2.49. The van der Waals surface area contributed by atoms with E-state index in [1.807, 2.05) is 68.4 Å². The van der Waals surface area contributed by atoms with E-state index < -0.39 is 11.3 Å². The maximum Gasteiger partial charge on any atom is 0.251 e. The van der Waals surface area contributed by atoms with Crippen molar-refractivity contribution in [3.05, 3.63) is 65.5 Å². The predicted molar refractivity (Wildman–Crippen MR) is 189 cm³/mol. The first-order chi connectivity index (χ1) is 23.3. The van der Waals surface area contributed by atoms with Gasteiger partial charge in [-0.15, -0.1) is 0 Å². The highest BCUT2D eigenvalue weighted by molar-refractivity contribution is 6.09. The summed E-state index contributed by atoms with van der Waals surface area (Å²) in [6.45, 7) is 10.0. The molecule has 0 radical (unpaired) electrons. The van der Waals surface area contributed by atoms with E-state index in [0.717, 1.165) is 51.9 Å². The molecule has 2 aliphatic carbocycles. The summed E-state index contributed by atoms with van der Waals surface area (Å²) in [5.74, 6) is -2.01. The summed E-state index contributed by atoms with van der Waals surface area (Å²) in [4.78, 5) is 38.3. The van der Waals surface area contributed by atoms with Gasteiger partial charge in [0.25, 0.3) is 5.91 Å². The van der Waals surface area contributed by atoms with Gasteiger partial charge < -0.3 is 25.4 Å². The molecule has 0 bridgehead atoms. The van der Waals surface area contributed by atoms with Gasteiger partial charge in [0, 0.05) is 66.6 Å². The number of benzene rings is 2. The number of nitrogens with zero attached hydrogens (tertiary/aromatic N) is 4. The lowest BCUT2D eigenvalue weighted by Crippen LogP contribution is -2.57. The van der Waals surface area contributed by atoms with E-state index in [2.05, 4.69) is 40.4 Å². The molecule has 3 heterocycles. The smallest absolute Gasteiger partial charge is 0.251 e. The highest BCUT2D eigenvalue weighted by atomic mass is 19.3. The molecule has 2 aromatic carbocycles. The van der Waals surface area contributed by atoms with Crippen LogP contribution in [0.4, 0.5) is 26.0 Å². The number of aromatic nitrogens is 3. The summed E-state index contributed by atoms with van der Waals surface area (Å²) in [5.41, 5.74) is 6.60. The van der Waals surface area contributed by atoms with Crippen molar-refractivity contribution in [1.29, 1.82) is 0 Å². The van der Waals surface area contributed by atoms with Crippen LogP contribution < -0.4 is 20.9 Å². The molecule has 0 atom stereocenters. The van der Waals surface area contributed by atoms with E-state index in [4.69, 9.17) is 9.97 Å². The first-order valence-corrected chi connectivity index (χ1v) is 17.4. The average molecular weight is 670 g/mol. The number of hydrogen-bond acceptors (Lipinski definition) is 6. The van der Waals surface area contributed by atoms with Crippen molar-refractivity contribution in [3.63, 3.8) is 0 Å². The fraction of sp³-hybridized carbons (Fsp3) is 0.474. The first kappa shape index (κ1) is 33.1. The molecule has 258 valence electrons. The van der Waals surface area contributed by atoms with Gasteiger partial charge in [-0.3, -0.25) is 9.59 Å². The van der Waals surface area contributed by atoms with Crippen molar-refractivity contribution in [2.45, 2.75) is 109 Å². The van der Waals surface area contributed by atoms with Crippen LogP contribution in [-0.4, -0.2) is 57.4 Å². The number of hydrogen-bond donors (Lipinski definition) is 3. The second-order valence-corrected chi connectivity index (χ2v) is 14.9. The summed E-state index contributed by atoms with van der Waals surface area (Å²) in [6, 6.07) is 14.3. The Bertz CT molecular complexity index is 1940. The zero-order valence-corrected chi connectivity index (χ0v) is 29.0. The topological polar surface area (TPSA) is 104 Å². The summed E-state index contributed by atoms with van der Waals surface area (Å²) in [6.07, 6.45) is 4.25. The van der Waals surface area contributed by atoms with Crippen LogP contribution in [0.3, 0.4) is 0 Å². The van der Waals surface area contributed by atoms with Gasteiger partial charge in [0.15, 0.2) is 5.82 Å². The summed E-state index contributed by atoms with van der Waals surface area (Å²) in [7, 11) is 1.62. The van der Waals surface area contributed by atoms with E-state index >= 15 is 0 Å². The summed E-state index contributed by atoms with van der Waals surface area (Å²) >= 11 is 0. The van der Waals surface area contributed by atoms with Crippen molar-refractivity contribution in [2.24, 2.45) is 0 Å². The van der Waals surface area contributed by atoms with Crippen molar-refractivity contribution >= 4 is 40.0 Å². The third-order valence-electron chi connectivity index (χ3n) is 10.7. The summed E-state index contributed by atoms with van der Waals surface area (Å²) in [5, 5.41) is 9.79. The number of carbonyl (C=O) groups excluding carboxylic acids is 2. The van der Waals surface area contributed by atoms with Crippen LogP contribution in [0.2, 0.25) is 0 Å². The first-order valence-electron chi connectivity index (χ1n) is 17.4. The van der Waals surface area contributed by atoms with E-state index in [-0.39, 0.29) is 48.8 Å². The molecular weight excluding hydrogens is 624 g/mol. The second-order valence-electron chi connectivity index (χ2n) is 14.9. The molecular formula is C38H45F2N7O2. The molecule has 2 amide bonds. The van der Waals surface area contributed by atoms with Gasteiger partial charge in [-0.05, 0) is 95.7 Å². The van der Waals surface area contributed by atoms with Crippen LogP contribution in [0, 0.1) is 6.92 Å². The number of halogens is 2. The number of imidazole rings is 1. The number of fused-ring (bicyclic) bond motifs is 2. The van der Waals surface area contributed by atoms with Gasteiger partial charge >= 0.3 is 0 Å². The molecule has 7 rings (SSSR count). The third kappa shape index (κ3) is 5.96. The minimum atomic E-state index is -2.54. The molecule has 3 N–H and O–H groups in total. The lowest BCUT2D eigenvalue weighted by Gasteiger charge is -2.44. The molecule has 2 aromatic heterocycles. The molecule has 2 saturated carbocycles. The van der Waals surface area contributed by atoms with Crippen molar-refractivity contribution in [1.82, 2.24) is 25.2 Å². The quantitative estimate of drug-likeness (QED) is 0.181. The number of pyridine rings is 1. The normalized spacial score (nSPS) is 21.6. The molecule has 2 fully saturated rings. The third-order valence-corrected chi connectivity index (χ3v) is 10.7. The van der Waals surface area contributed by atoms with Crippen LogP contribution in [0.5, 0.6) is 0 Å². The van der Waals surface area contributed by atoms with Crippen LogP contribution in [0.25, 0.3) is 22.3 Å². The van der Waals surface area contributed by atoms with Crippen LogP contribution in [0.15, 0.2) is 48.8 Å². The van der Waals surface area contributed by atoms with Crippen molar-refractivity contribution < 1.29 is 18.4 Å². The van der Waals surface area contributed by atoms with E-state index in [1.54, 1.807) is 7.05 Å². The Kier molecular flexibility index (Phi) is 8.24. The molecule has 0 saturated heterocycles. The molecule has 1 aliphatic heterocycles. The zero-order valence-electron chi connectivity index (χ0n) is 29.0. The van der Waals surface area contributed by atoms with Crippen LogP contribution in [-0.2, 0) is 10.2 Å². The highest BCUT2D eigenvalue weighted by Crippen LogP contribution is 2.47. The number of amides is 2. The minimum Gasteiger partial charge on any atom is -0.355 e. The Labute approximate surface area is 285 Å².